The van der Waals surface area contributed by atoms with Crippen molar-refractivity contribution < 1.29 is 18.9 Å². The highest BCUT2D eigenvalue weighted by atomic mass is 16.6. The topological polar surface area (TPSA) is 62.9 Å². The molecule has 0 saturated heterocycles. The Hall–Kier alpha value is -3.22. The summed E-state index contributed by atoms with van der Waals surface area (Å²) in [7, 11) is 1.65. The molecule has 0 aliphatic heterocycles. The van der Waals surface area contributed by atoms with Crippen molar-refractivity contribution in [2.45, 2.75) is 50.6 Å². The minimum Gasteiger partial charge on any atom is -0.497 e. The molecule has 190 valence electrons. The van der Waals surface area contributed by atoms with Crippen molar-refractivity contribution in [1.82, 2.24) is 0 Å². The maximum absolute atomic E-state index is 6.62. The third kappa shape index (κ3) is 8.47. The van der Waals surface area contributed by atoms with Gasteiger partial charge in [0.15, 0.2) is 0 Å². The molecule has 36 heavy (non-hydrogen) atoms. The molecular weight excluding hydrogens is 450 g/mol. The third-order valence-corrected chi connectivity index (χ3v) is 5.91. The van der Waals surface area contributed by atoms with Crippen LogP contribution in [-0.2, 0) is 34.0 Å². The van der Waals surface area contributed by atoms with Gasteiger partial charge in [-0.1, -0.05) is 84.9 Å². The summed E-state index contributed by atoms with van der Waals surface area (Å²) >= 11 is 0. The van der Waals surface area contributed by atoms with Crippen molar-refractivity contribution in [3.63, 3.8) is 0 Å². The van der Waals surface area contributed by atoms with Crippen LogP contribution in [0.4, 0.5) is 0 Å². The normalized spacial score (nSPS) is 14.4. The minimum absolute atomic E-state index is 0.343. The van der Waals surface area contributed by atoms with Crippen LogP contribution >= 0.6 is 0 Å². The van der Waals surface area contributed by atoms with Gasteiger partial charge in [0.2, 0.25) is 0 Å². The Bertz CT molecular complexity index is 1020. The van der Waals surface area contributed by atoms with Gasteiger partial charge in [0.25, 0.3) is 0 Å². The number of ether oxygens (including phenoxy) is 4. The summed E-state index contributed by atoms with van der Waals surface area (Å²) in [5.74, 6) is 0.795. The van der Waals surface area contributed by atoms with E-state index in [2.05, 4.69) is 13.2 Å². The Morgan fingerprint density at radius 2 is 1.19 bits per heavy atom. The van der Waals surface area contributed by atoms with E-state index in [0.717, 1.165) is 22.4 Å². The number of nitrogens with two attached hydrogens (primary N) is 1. The predicted molar refractivity (Wildman–Crippen MR) is 145 cm³/mol. The van der Waals surface area contributed by atoms with Crippen molar-refractivity contribution >= 4 is 0 Å². The quantitative estimate of drug-likeness (QED) is 0.257. The van der Waals surface area contributed by atoms with Crippen LogP contribution in [0.2, 0.25) is 0 Å². The molecule has 0 aliphatic carbocycles. The van der Waals surface area contributed by atoms with Crippen molar-refractivity contribution in [2.24, 2.45) is 5.73 Å². The number of hydrogen-bond donors (Lipinski definition) is 1. The molecule has 0 bridgehead atoms. The van der Waals surface area contributed by atoms with E-state index < -0.39 is 18.3 Å². The second-order valence-electron chi connectivity index (χ2n) is 8.57. The van der Waals surface area contributed by atoms with E-state index in [1.807, 2.05) is 84.9 Å². The molecule has 0 radical (unpaired) electrons. The van der Waals surface area contributed by atoms with E-state index in [9.17, 15) is 0 Å². The summed E-state index contributed by atoms with van der Waals surface area (Å²) in [5.41, 5.74) is 9.75. The van der Waals surface area contributed by atoms with Gasteiger partial charge in [-0.3, -0.25) is 0 Å². The zero-order valence-corrected chi connectivity index (χ0v) is 21.0. The highest BCUT2D eigenvalue weighted by molar-refractivity contribution is 5.26. The number of rotatable bonds is 16. The second kappa shape index (κ2) is 15.0. The van der Waals surface area contributed by atoms with Crippen molar-refractivity contribution in [3.05, 3.63) is 127 Å². The largest absolute Gasteiger partial charge is 0.497 e. The molecule has 0 aromatic heterocycles. The monoisotopic (exact) mass is 487 g/mol. The van der Waals surface area contributed by atoms with Gasteiger partial charge in [0, 0.05) is 6.04 Å². The average molecular weight is 488 g/mol. The standard InChI is InChI=1S/C31H37NO4/c1-4-12-28(32)30(35-23-26-17-19-27(33-3)20-18-26)31(36-22-25-15-10-7-11-16-25)29(5-2)34-21-24-13-8-6-9-14-24/h4-11,13-20,28-31H,1-2,12,21-23,32H2,3H3/t28-,29-,30+,31+/m1/s1. The van der Waals surface area contributed by atoms with Crippen LogP contribution < -0.4 is 10.5 Å². The lowest BCUT2D eigenvalue weighted by Gasteiger charge is -2.35. The van der Waals surface area contributed by atoms with Crippen LogP contribution in [-0.4, -0.2) is 31.5 Å². The average Bonchev–Trinajstić information content (AvgIpc) is 2.93. The zero-order valence-electron chi connectivity index (χ0n) is 21.0. The Labute approximate surface area is 215 Å². The van der Waals surface area contributed by atoms with E-state index in [1.165, 1.54) is 0 Å². The Kier molecular flexibility index (Phi) is 11.4. The first kappa shape index (κ1) is 27.4. The van der Waals surface area contributed by atoms with Crippen LogP contribution in [0.5, 0.6) is 5.75 Å². The summed E-state index contributed by atoms with van der Waals surface area (Å²) in [6.07, 6.45) is 2.75. The Morgan fingerprint density at radius 1 is 0.694 bits per heavy atom. The Balaban J connectivity index is 1.82. The SMILES string of the molecule is C=CC[C@@H](N)[C@H](OCc1ccc(OC)cc1)[C@@H](OCc1ccccc1)[C@@H](C=C)OCc1ccccc1. The van der Waals surface area contributed by atoms with Crippen LogP contribution in [0, 0.1) is 0 Å². The first-order chi connectivity index (χ1) is 17.6. The molecule has 5 heteroatoms. The molecule has 4 atom stereocenters. The van der Waals surface area contributed by atoms with Crippen molar-refractivity contribution in [3.8, 4) is 5.75 Å². The second-order valence-corrected chi connectivity index (χ2v) is 8.57. The lowest BCUT2D eigenvalue weighted by atomic mass is 9.98. The Morgan fingerprint density at radius 3 is 1.69 bits per heavy atom. The van der Waals surface area contributed by atoms with Crippen LogP contribution in [0.25, 0.3) is 0 Å². The summed E-state index contributed by atoms with van der Waals surface area (Å²) in [6.45, 7) is 9.10. The van der Waals surface area contributed by atoms with E-state index in [1.54, 1.807) is 19.3 Å². The smallest absolute Gasteiger partial charge is 0.118 e. The number of hydrogen-bond acceptors (Lipinski definition) is 5. The van der Waals surface area contributed by atoms with Gasteiger partial charge < -0.3 is 24.7 Å². The molecule has 3 aromatic rings. The molecule has 0 saturated carbocycles. The van der Waals surface area contributed by atoms with Gasteiger partial charge in [-0.15, -0.1) is 13.2 Å². The van der Waals surface area contributed by atoms with Crippen LogP contribution in [0.3, 0.4) is 0 Å². The van der Waals surface area contributed by atoms with E-state index in [0.29, 0.717) is 26.2 Å². The van der Waals surface area contributed by atoms with Gasteiger partial charge in [-0.25, -0.2) is 0 Å². The third-order valence-electron chi connectivity index (χ3n) is 5.91. The van der Waals surface area contributed by atoms with Gasteiger partial charge >= 0.3 is 0 Å². The van der Waals surface area contributed by atoms with Crippen LogP contribution in [0.1, 0.15) is 23.1 Å². The summed E-state index contributed by atoms with van der Waals surface area (Å²) in [5, 5.41) is 0. The first-order valence-electron chi connectivity index (χ1n) is 12.2. The first-order valence-corrected chi connectivity index (χ1v) is 12.2. The fourth-order valence-electron chi connectivity index (χ4n) is 3.91. The summed E-state index contributed by atoms with van der Waals surface area (Å²) in [6, 6.07) is 27.5. The summed E-state index contributed by atoms with van der Waals surface area (Å²) < 4.78 is 24.5. The lowest BCUT2D eigenvalue weighted by molar-refractivity contribution is -0.144. The highest BCUT2D eigenvalue weighted by Gasteiger charge is 2.34. The molecule has 2 N–H and O–H groups in total. The minimum atomic E-state index is -0.486. The van der Waals surface area contributed by atoms with E-state index >= 15 is 0 Å². The highest BCUT2D eigenvalue weighted by Crippen LogP contribution is 2.22. The van der Waals surface area contributed by atoms with Gasteiger partial charge in [-0.05, 0) is 35.2 Å². The van der Waals surface area contributed by atoms with Crippen molar-refractivity contribution in [1.29, 1.82) is 0 Å². The molecule has 0 fully saturated rings. The maximum Gasteiger partial charge on any atom is 0.118 e. The lowest BCUT2D eigenvalue weighted by Crippen LogP contribution is -2.51. The molecule has 3 rings (SSSR count). The number of methoxy groups -OCH3 is 1. The van der Waals surface area contributed by atoms with Crippen LogP contribution in [0.15, 0.2) is 110 Å². The molecule has 3 aromatic carbocycles. The van der Waals surface area contributed by atoms with E-state index in [4.69, 9.17) is 24.7 Å². The molecule has 0 spiro atoms. The maximum atomic E-state index is 6.62. The van der Waals surface area contributed by atoms with Gasteiger partial charge in [0.1, 0.15) is 24.1 Å². The predicted octanol–water partition coefficient (Wildman–Crippen LogP) is 5.84. The molecular formula is C31H37NO4. The van der Waals surface area contributed by atoms with E-state index in [-0.39, 0.29) is 6.04 Å². The summed E-state index contributed by atoms with van der Waals surface area (Å²) in [4.78, 5) is 0. The molecule has 0 aliphatic rings. The molecule has 5 nitrogen and oxygen atoms in total. The van der Waals surface area contributed by atoms with Crippen molar-refractivity contribution in [2.75, 3.05) is 7.11 Å². The molecule has 0 unspecified atom stereocenters. The van der Waals surface area contributed by atoms with Gasteiger partial charge in [-0.2, -0.15) is 0 Å². The number of benzene rings is 3. The fraction of sp³-hybridized carbons (Fsp3) is 0.290. The zero-order chi connectivity index (χ0) is 25.6. The molecule has 0 heterocycles. The fourth-order valence-corrected chi connectivity index (χ4v) is 3.91. The molecule has 0 amide bonds. The van der Waals surface area contributed by atoms with Gasteiger partial charge in [0.05, 0.1) is 26.9 Å².